The Balaban J connectivity index is 2.36. The van der Waals surface area contributed by atoms with Gasteiger partial charge in [0.05, 0.1) is 6.04 Å². The molecule has 2 N–H and O–H groups in total. The summed E-state index contributed by atoms with van der Waals surface area (Å²) in [6.07, 6.45) is 1.51. The quantitative estimate of drug-likeness (QED) is 0.242. The highest BCUT2D eigenvalue weighted by atomic mass is 16.2. The maximum Gasteiger partial charge on any atom is 0.228 e. The van der Waals surface area contributed by atoms with E-state index in [1.807, 2.05) is 0 Å². The molecule has 0 saturated carbocycles. The first-order valence-electron chi connectivity index (χ1n) is 4.66. The monoisotopic (exact) mass is 211 g/mol. The minimum atomic E-state index is -0.143. The molecule has 1 aliphatic rings. The van der Waals surface area contributed by atoms with E-state index in [-0.39, 0.29) is 18.5 Å². The smallest absolute Gasteiger partial charge is 0.228 e. The summed E-state index contributed by atoms with van der Waals surface area (Å²) in [5.41, 5.74) is 8.07. The third kappa shape index (κ3) is 3.43. The summed E-state index contributed by atoms with van der Waals surface area (Å²) in [6.45, 7) is 1.12. The lowest BCUT2D eigenvalue weighted by molar-refractivity contribution is -0.130. The van der Waals surface area contributed by atoms with E-state index in [9.17, 15) is 4.79 Å². The molecule has 0 radical (unpaired) electrons. The zero-order valence-electron chi connectivity index (χ0n) is 8.28. The fourth-order valence-electron chi connectivity index (χ4n) is 1.52. The minimum absolute atomic E-state index is 0.110. The Kier molecular flexibility index (Phi) is 4.36. The van der Waals surface area contributed by atoms with Crippen molar-refractivity contribution in [2.75, 3.05) is 19.6 Å². The molecule has 1 rings (SSSR count). The number of rotatable bonds is 3. The van der Waals surface area contributed by atoms with Crippen LogP contribution in [-0.4, -0.2) is 36.5 Å². The van der Waals surface area contributed by atoms with E-state index in [1.54, 1.807) is 4.90 Å². The third-order valence-electron chi connectivity index (χ3n) is 2.32. The number of carbonyl (C=O) groups is 1. The van der Waals surface area contributed by atoms with Crippen LogP contribution in [0.4, 0.5) is 0 Å². The van der Waals surface area contributed by atoms with Crippen molar-refractivity contribution in [2.24, 2.45) is 21.3 Å². The van der Waals surface area contributed by atoms with Crippen molar-refractivity contribution in [1.82, 2.24) is 4.90 Å². The van der Waals surface area contributed by atoms with E-state index in [1.165, 1.54) is 0 Å². The van der Waals surface area contributed by atoms with Gasteiger partial charge in [-0.3, -0.25) is 4.79 Å². The van der Waals surface area contributed by atoms with Gasteiger partial charge in [-0.25, -0.2) is 0 Å². The lowest BCUT2D eigenvalue weighted by Crippen LogP contribution is -2.40. The van der Waals surface area contributed by atoms with Crippen molar-refractivity contribution >= 4 is 5.91 Å². The largest absolute Gasteiger partial charge is 0.342 e. The van der Waals surface area contributed by atoms with Gasteiger partial charge in [-0.1, -0.05) is 10.3 Å². The topological polar surface area (TPSA) is 120 Å². The van der Waals surface area contributed by atoms with Crippen LogP contribution in [-0.2, 0) is 4.79 Å². The highest BCUT2D eigenvalue weighted by molar-refractivity contribution is 5.78. The van der Waals surface area contributed by atoms with Gasteiger partial charge in [-0.15, -0.1) is 0 Å². The first kappa shape index (κ1) is 11.3. The van der Waals surface area contributed by atoms with Crippen molar-refractivity contribution in [3.8, 4) is 0 Å². The number of hydrogen-bond donors (Lipinski definition) is 1. The minimum Gasteiger partial charge on any atom is -0.342 e. The summed E-state index contributed by atoms with van der Waals surface area (Å²) in [4.78, 5) is 15.6. The summed E-state index contributed by atoms with van der Waals surface area (Å²) in [5.74, 6) is 4.80. The highest BCUT2D eigenvalue weighted by Gasteiger charge is 2.21. The van der Waals surface area contributed by atoms with Crippen LogP contribution in [0.25, 0.3) is 10.4 Å². The Morgan fingerprint density at radius 3 is 2.73 bits per heavy atom. The molecule has 0 unspecified atom stereocenters. The molecule has 8 nitrogen and oxygen atoms in total. The van der Waals surface area contributed by atoms with Gasteiger partial charge in [0.2, 0.25) is 5.91 Å². The second-order valence-corrected chi connectivity index (χ2v) is 3.23. The van der Waals surface area contributed by atoms with Crippen molar-refractivity contribution in [1.29, 1.82) is 0 Å². The van der Waals surface area contributed by atoms with E-state index in [0.29, 0.717) is 13.1 Å². The van der Waals surface area contributed by atoms with E-state index < -0.39 is 0 Å². The zero-order chi connectivity index (χ0) is 11.1. The lowest BCUT2D eigenvalue weighted by atomic mass is 10.1. The van der Waals surface area contributed by atoms with Crippen LogP contribution in [0, 0.1) is 0 Å². The van der Waals surface area contributed by atoms with E-state index in [4.69, 9.17) is 11.4 Å². The average molecular weight is 211 g/mol. The number of azide groups is 1. The number of carbonyl (C=O) groups excluding carboxylic acids is 1. The summed E-state index contributed by atoms with van der Waals surface area (Å²) in [6, 6.07) is 0.110. The van der Waals surface area contributed by atoms with Gasteiger partial charge in [0.15, 0.2) is 0 Å². The molecular weight excluding hydrogens is 198 g/mol. The van der Waals surface area contributed by atoms with Crippen LogP contribution in [0.5, 0.6) is 0 Å². The molecule has 1 saturated heterocycles. The van der Waals surface area contributed by atoms with Gasteiger partial charge in [-0.05, 0) is 18.4 Å². The number of nitrogens with zero attached hydrogens (tertiary/aromatic N) is 6. The Labute approximate surface area is 86.7 Å². The van der Waals surface area contributed by atoms with Gasteiger partial charge in [0, 0.05) is 18.0 Å². The molecular formula is C7H13N7O. The molecule has 1 fully saturated rings. The fourth-order valence-corrected chi connectivity index (χ4v) is 1.52. The van der Waals surface area contributed by atoms with Crippen LogP contribution in [0.1, 0.15) is 12.8 Å². The van der Waals surface area contributed by atoms with Crippen LogP contribution >= 0.6 is 0 Å². The molecule has 82 valence electrons. The molecule has 8 heteroatoms. The molecule has 0 bridgehead atoms. The van der Waals surface area contributed by atoms with E-state index in [2.05, 4.69) is 20.4 Å². The highest BCUT2D eigenvalue weighted by Crippen LogP contribution is 2.13. The van der Waals surface area contributed by atoms with Crippen molar-refractivity contribution in [2.45, 2.75) is 18.9 Å². The molecule has 0 aliphatic carbocycles. The molecule has 0 spiro atoms. The standard InChI is InChI=1S/C7H13N7O/c8-12-10-5-7(15)14-3-1-6(2-4-14)11-13-9/h6H,1-5H2,(H2,9,11). The summed E-state index contributed by atoms with van der Waals surface area (Å²) in [5, 5.41) is 10.3. The molecule has 0 aromatic carbocycles. The Hall–Kier alpha value is -1.82. The SMILES string of the molecule is [N-]=[N+]=NCC(=O)N1CCC(N=NN)CC1. The third-order valence-corrected chi connectivity index (χ3v) is 2.32. The number of likely N-dealkylation sites (tertiary alicyclic amines) is 1. The van der Waals surface area contributed by atoms with E-state index >= 15 is 0 Å². The molecule has 1 amide bonds. The predicted octanol–water partition coefficient (Wildman–Crippen LogP) is 0.614. The summed E-state index contributed by atoms with van der Waals surface area (Å²) >= 11 is 0. The first-order valence-corrected chi connectivity index (χ1v) is 4.66. The molecule has 1 heterocycles. The van der Waals surface area contributed by atoms with Gasteiger partial charge < -0.3 is 10.7 Å². The number of nitrogens with two attached hydrogens (primary N) is 1. The predicted molar refractivity (Wildman–Crippen MR) is 52.7 cm³/mol. The van der Waals surface area contributed by atoms with E-state index in [0.717, 1.165) is 12.8 Å². The summed E-state index contributed by atoms with van der Waals surface area (Å²) < 4.78 is 0. The second-order valence-electron chi connectivity index (χ2n) is 3.23. The summed E-state index contributed by atoms with van der Waals surface area (Å²) in [7, 11) is 0. The van der Waals surface area contributed by atoms with Crippen LogP contribution in [0.15, 0.2) is 15.5 Å². The molecule has 0 aromatic rings. The normalized spacial score (nSPS) is 17.7. The number of hydrogen-bond acceptors (Lipinski definition) is 4. The molecule has 0 aromatic heterocycles. The lowest BCUT2D eigenvalue weighted by Gasteiger charge is -2.29. The number of amides is 1. The van der Waals surface area contributed by atoms with Crippen LogP contribution in [0.2, 0.25) is 0 Å². The van der Waals surface area contributed by atoms with Crippen molar-refractivity contribution < 1.29 is 4.79 Å². The van der Waals surface area contributed by atoms with Crippen molar-refractivity contribution in [3.05, 3.63) is 10.4 Å². The van der Waals surface area contributed by atoms with Gasteiger partial charge in [0.1, 0.15) is 6.54 Å². The zero-order valence-corrected chi connectivity index (χ0v) is 8.28. The number of piperidine rings is 1. The Morgan fingerprint density at radius 1 is 1.53 bits per heavy atom. The maximum atomic E-state index is 11.4. The van der Waals surface area contributed by atoms with Gasteiger partial charge >= 0.3 is 0 Å². The van der Waals surface area contributed by atoms with Crippen LogP contribution < -0.4 is 5.84 Å². The molecule has 1 aliphatic heterocycles. The van der Waals surface area contributed by atoms with Gasteiger partial charge in [0.25, 0.3) is 0 Å². The van der Waals surface area contributed by atoms with Gasteiger partial charge in [-0.2, -0.15) is 5.11 Å². The van der Waals surface area contributed by atoms with Crippen molar-refractivity contribution in [3.63, 3.8) is 0 Å². The Bertz CT molecular complexity index is 288. The maximum absolute atomic E-state index is 11.4. The Morgan fingerprint density at radius 2 is 2.20 bits per heavy atom. The van der Waals surface area contributed by atoms with Crippen LogP contribution in [0.3, 0.4) is 0 Å². The fraction of sp³-hybridized carbons (Fsp3) is 0.857. The first-order chi connectivity index (χ1) is 7.27. The molecule has 0 atom stereocenters. The average Bonchev–Trinajstić information content (AvgIpc) is 2.27. The second kappa shape index (κ2) is 5.82. The molecule has 15 heavy (non-hydrogen) atoms.